The zero-order valence-corrected chi connectivity index (χ0v) is 11.0. The fraction of sp³-hybridized carbons (Fsp3) is 0.333. The molecule has 5 heteroatoms. The van der Waals surface area contributed by atoms with Crippen LogP contribution in [0.3, 0.4) is 0 Å². The van der Waals surface area contributed by atoms with E-state index in [0.29, 0.717) is 11.3 Å². The van der Waals surface area contributed by atoms with Gasteiger partial charge in [0.15, 0.2) is 9.84 Å². The number of hydrogen-bond donors (Lipinski definition) is 0. The minimum Gasteiger partial charge on any atom is -0.491 e. The first-order chi connectivity index (χ1) is 8.03. The van der Waals surface area contributed by atoms with Crippen molar-refractivity contribution in [1.82, 2.24) is 0 Å². The third-order valence-corrected chi connectivity index (χ3v) is 2.93. The lowest BCUT2D eigenvalue weighted by atomic mass is 10.2. The minimum absolute atomic E-state index is 0.00965. The molecule has 0 atom stereocenters. The smallest absolute Gasteiger partial charge is 0.150 e. The summed E-state index contributed by atoms with van der Waals surface area (Å²) in [5.41, 5.74) is 0.710. The number of para-hydroxylation sites is 1. The Hall–Kier alpha value is -1.18. The normalized spacial score (nSPS) is 10.5. The van der Waals surface area contributed by atoms with Gasteiger partial charge in [-0.2, -0.15) is 0 Å². The summed E-state index contributed by atoms with van der Waals surface area (Å²) in [6.07, 6.45) is 1.18. The molecule has 0 saturated heterocycles. The number of ether oxygens (including phenoxy) is 1. The van der Waals surface area contributed by atoms with Gasteiger partial charge in [-0.3, -0.25) is 0 Å². The van der Waals surface area contributed by atoms with Crippen molar-refractivity contribution in [3.63, 3.8) is 0 Å². The molecular weight excluding hydrogens is 260 g/mol. The topological polar surface area (TPSA) is 43.4 Å². The molecule has 0 N–H and O–H groups in total. The number of hydrogen-bond acceptors (Lipinski definition) is 3. The van der Waals surface area contributed by atoms with E-state index in [4.69, 9.17) is 16.3 Å². The van der Waals surface area contributed by atoms with Gasteiger partial charge in [-0.15, -0.1) is 11.6 Å². The van der Waals surface area contributed by atoms with Gasteiger partial charge in [-0.1, -0.05) is 24.0 Å². The van der Waals surface area contributed by atoms with E-state index >= 15 is 0 Å². The Morgan fingerprint density at radius 2 is 2.06 bits per heavy atom. The minimum atomic E-state index is -3.01. The summed E-state index contributed by atoms with van der Waals surface area (Å²) in [5.74, 6) is 6.40. The number of sulfone groups is 1. The molecule has 0 fully saturated rings. The molecule has 3 nitrogen and oxygen atoms in total. The van der Waals surface area contributed by atoms with Crippen molar-refractivity contribution < 1.29 is 13.2 Å². The van der Waals surface area contributed by atoms with Gasteiger partial charge in [0, 0.05) is 6.26 Å². The zero-order chi connectivity index (χ0) is 12.7. The molecular formula is C12H13ClO3S. The van der Waals surface area contributed by atoms with E-state index < -0.39 is 9.84 Å². The maximum Gasteiger partial charge on any atom is 0.150 e. The average Bonchev–Trinajstić information content (AvgIpc) is 2.26. The van der Waals surface area contributed by atoms with Gasteiger partial charge in [0.2, 0.25) is 0 Å². The Labute approximate surface area is 107 Å². The molecule has 0 amide bonds. The Morgan fingerprint density at radius 3 is 2.71 bits per heavy atom. The molecule has 1 rings (SSSR count). The highest BCUT2D eigenvalue weighted by atomic mass is 35.5. The lowest BCUT2D eigenvalue weighted by Gasteiger charge is -2.07. The van der Waals surface area contributed by atoms with E-state index in [9.17, 15) is 8.42 Å². The monoisotopic (exact) mass is 272 g/mol. The summed E-state index contributed by atoms with van der Waals surface area (Å²) in [6, 6.07) is 7.19. The zero-order valence-electron chi connectivity index (χ0n) is 9.44. The van der Waals surface area contributed by atoms with Gasteiger partial charge >= 0.3 is 0 Å². The van der Waals surface area contributed by atoms with Crippen molar-refractivity contribution in [2.75, 3.05) is 24.5 Å². The van der Waals surface area contributed by atoms with Crippen molar-refractivity contribution in [2.45, 2.75) is 0 Å². The van der Waals surface area contributed by atoms with Gasteiger partial charge in [-0.05, 0) is 12.1 Å². The fourth-order valence-electron chi connectivity index (χ4n) is 1.13. The van der Waals surface area contributed by atoms with Crippen molar-refractivity contribution in [2.24, 2.45) is 0 Å². The average molecular weight is 273 g/mol. The number of alkyl halides is 1. The van der Waals surface area contributed by atoms with Gasteiger partial charge < -0.3 is 4.74 Å². The third-order valence-electron chi connectivity index (χ3n) is 1.89. The number of halogens is 1. The van der Waals surface area contributed by atoms with Crippen molar-refractivity contribution in [3.05, 3.63) is 29.8 Å². The van der Waals surface area contributed by atoms with Crippen LogP contribution in [0.1, 0.15) is 5.56 Å². The second-order valence-electron chi connectivity index (χ2n) is 3.41. The van der Waals surface area contributed by atoms with Gasteiger partial charge in [0.1, 0.15) is 12.4 Å². The molecule has 1 aromatic carbocycles. The van der Waals surface area contributed by atoms with E-state index in [2.05, 4.69) is 11.8 Å². The molecule has 0 aromatic heterocycles. The standard InChI is InChI=1S/C12H13ClO3S/c1-17(14,15)10-9-16-12-7-3-2-5-11(12)6-4-8-13/h2-3,5,7H,8-10H2,1H3. The number of rotatable bonds is 4. The van der Waals surface area contributed by atoms with E-state index in [1.807, 2.05) is 12.1 Å². The second kappa shape index (κ2) is 6.53. The molecule has 0 aliphatic rings. The first-order valence-electron chi connectivity index (χ1n) is 4.97. The van der Waals surface area contributed by atoms with Crippen molar-refractivity contribution in [1.29, 1.82) is 0 Å². The molecule has 0 heterocycles. The van der Waals surface area contributed by atoms with Gasteiger partial charge in [-0.25, -0.2) is 8.42 Å². The largest absolute Gasteiger partial charge is 0.491 e. The summed E-state index contributed by atoms with van der Waals surface area (Å²) < 4.78 is 27.3. The first-order valence-corrected chi connectivity index (χ1v) is 7.57. The first kappa shape index (κ1) is 13.9. The second-order valence-corrected chi connectivity index (χ2v) is 5.94. The van der Waals surface area contributed by atoms with Gasteiger partial charge in [0.25, 0.3) is 0 Å². The molecule has 0 saturated carbocycles. The summed E-state index contributed by atoms with van der Waals surface area (Å²) in [7, 11) is -3.01. The highest BCUT2D eigenvalue weighted by Crippen LogP contribution is 2.16. The maximum absolute atomic E-state index is 11.0. The molecule has 0 bridgehead atoms. The quantitative estimate of drug-likeness (QED) is 0.619. The molecule has 0 spiro atoms. The highest BCUT2D eigenvalue weighted by Gasteiger charge is 2.04. The van der Waals surface area contributed by atoms with E-state index in [0.717, 1.165) is 0 Å². The molecule has 0 unspecified atom stereocenters. The lowest BCUT2D eigenvalue weighted by molar-refractivity contribution is 0.340. The van der Waals surface area contributed by atoms with Crippen LogP contribution in [-0.2, 0) is 9.84 Å². The van der Waals surface area contributed by atoms with Gasteiger partial charge in [0.05, 0.1) is 17.2 Å². The molecule has 92 valence electrons. The summed E-state index contributed by atoms with van der Waals surface area (Å²) in [5, 5.41) is 0. The third kappa shape index (κ3) is 5.62. The lowest BCUT2D eigenvalue weighted by Crippen LogP contribution is -2.12. The van der Waals surface area contributed by atoms with Crippen molar-refractivity contribution in [3.8, 4) is 17.6 Å². The van der Waals surface area contributed by atoms with Crippen LogP contribution in [0.15, 0.2) is 24.3 Å². The Balaban J connectivity index is 2.70. The van der Waals surface area contributed by atoms with Crippen LogP contribution in [0.2, 0.25) is 0 Å². The predicted molar refractivity (Wildman–Crippen MR) is 69.2 cm³/mol. The van der Waals surface area contributed by atoms with Crippen LogP contribution in [0, 0.1) is 11.8 Å². The molecule has 1 aromatic rings. The molecule has 0 aliphatic heterocycles. The van der Waals surface area contributed by atoms with E-state index in [1.54, 1.807) is 12.1 Å². The van der Waals surface area contributed by atoms with E-state index in [1.165, 1.54) is 6.26 Å². The Kier molecular flexibility index (Phi) is 5.33. The van der Waals surface area contributed by atoms with Crippen LogP contribution >= 0.6 is 11.6 Å². The fourth-order valence-corrected chi connectivity index (χ4v) is 1.58. The molecule has 0 radical (unpaired) electrons. The predicted octanol–water partition coefficient (Wildman–Crippen LogP) is 1.70. The SMILES string of the molecule is CS(=O)(=O)CCOc1ccccc1C#CCCl. The van der Waals surface area contributed by atoms with Crippen LogP contribution in [-0.4, -0.2) is 32.9 Å². The van der Waals surface area contributed by atoms with Crippen LogP contribution < -0.4 is 4.74 Å². The summed E-state index contributed by atoms with van der Waals surface area (Å²) in [6.45, 7) is 0.123. The Morgan fingerprint density at radius 1 is 1.35 bits per heavy atom. The Bertz CT molecular complexity index is 526. The maximum atomic E-state index is 11.0. The van der Waals surface area contributed by atoms with E-state index in [-0.39, 0.29) is 18.2 Å². The van der Waals surface area contributed by atoms with Crippen LogP contribution in [0.4, 0.5) is 0 Å². The summed E-state index contributed by atoms with van der Waals surface area (Å²) in [4.78, 5) is 0. The molecule has 17 heavy (non-hydrogen) atoms. The van der Waals surface area contributed by atoms with Crippen molar-refractivity contribution >= 4 is 21.4 Å². The van der Waals surface area contributed by atoms with Crippen LogP contribution in [0.25, 0.3) is 0 Å². The van der Waals surface area contributed by atoms with Crippen LogP contribution in [0.5, 0.6) is 5.75 Å². The summed E-state index contributed by atoms with van der Waals surface area (Å²) >= 11 is 5.47. The molecule has 0 aliphatic carbocycles. The number of benzene rings is 1. The highest BCUT2D eigenvalue weighted by molar-refractivity contribution is 7.90.